The van der Waals surface area contributed by atoms with E-state index in [1.165, 1.54) is 0 Å². The van der Waals surface area contributed by atoms with Crippen molar-refractivity contribution in [3.63, 3.8) is 0 Å². The Balaban J connectivity index is 1.69. The largest absolute Gasteiger partial charge is 0.493 e. The highest BCUT2D eigenvalue weighted by atomic mass is 32.2. The summed E-state index contributed by atoms with van der Waals surface area (Å²) in [5.41, 5.74) is 5.36. The molecule has 0 bridgehead atoms. The van der Waals surface area contributed by atoms with Crippen LogP contribution in [0.2, 0.25) is 0 Å². The zero-order valence-electron chi connectivity index (χ0n) is 17.3. The van der Waals surface area contributed by atoms with E-state index in [4.69, 9.17) is 14.2 Å². The maximum atomic E-state index is 13.6. The van der Waals surface area contributed by atoms with Crippen LogP contribution in [0, 0.1) is 0 Å². The molecule has 0 spiro atoms. The fourth-order valence-corrected chi connectivity index (χ4v) is 6.73. The highest BCUT2D eigenvalue weighted by Crippen LogP contribution is 2.53. The molecule has 1 saturated heterocycles. The van der Waals surface area contributed by atoms with E-state index in [9.17, 15) is 8.42 Å². The van der Waals surface area contributed by atoms with Gasteiger partial charge in [-0.15, -0.1) is 0 Å². The van der Waals surface area contributed by atoms with Gasteiger partial charge in [-0.05, 0) is 41.2 Å². The molecular formula is C22H26N2O5S. The van der Waals surface area contributed by atoms with Gasteiger partial charge in [0.2, 0.25) is 0 Å². The first-order valence-corrected chi connectivity index (χ1v) is 11.7. The van der Waals surface area contributed by atoms with Gasteiger partial charge in [0.25, 0.3) is 10.2 Å². The molecule has 2 heterocycles. The zero-order chi connectivity index (χ0) is 20.9. The molecule has 2 aromatic carbocycles. The van der Waals surface area contributed by atoms with Gasteiger partial charge in [0, 0.05) is 25.2 Å². The second kappa shape index (κ2) is 7.53. The molecule has 0 radical (unpaired) electrons. The molecule has 2 aromatic rings. The molecule has 8 heteroatoms. The molecule has 5 rings (SSSR count). The Morgan fingerprint density at radius 3 is 2.53 bits per heavy atom. The number of hydrogen-bond donors (Lipinski definition) is 0. The molecule has 0 unspecified atom stereocenters. The Bertz CT molecular complexity index is 1080. The molecule has 1 atom stereocenters. The molecule has 2 aliphatic heterocycles. The number of ether oxygens (including phenoxy) is 3. The molecule has 160 valence electrons. The third kappa shape index (κ3) is 2.93. The van der Waals surface area contributed by atoms with E-state index in [1.807, 2.05) is 18.2 Å². The van der Waals surface area contributed by atoms with Crippen molar-refractivity contribution in [3.8, 4) is 22.6 Å². The van der Waals surface area contributed by atoms with Gasteiger partial charge in [-0.25, -0.2) is 0 Å². The van der Waals surface area contributed by atoms with Crippen molar-refractivity contribution in [2.45, 2.75) is 18.9 Å². The number of methoxy groups -OCH3 is 2. The van der Waals surface area contributed by atoms with Gasteiger partial charge in [-0.3, -0.25) is 0 Å². The molecule has 1 fully saturated rings. The van der Waals surface area contributed by atoms with Crippen molar-refractivity contribution < 1.29 is 22.6 Å². The first kappa shape index (κ1) is 19.8. The predicted octanol–water partition coefficient (Wildman–Crippen LogP) is 2.40. The van der Waals surface area contributed by atoms with Crippen molar-refractivity contribution in [2.75, 3.05) is 47.1 Å². The fourth-order valence-electron chi connectivity index (χ4n) is 5.00. The molecule has 0 amide bonds. The minimum atomic E-state index is -3.60. The normalized spacial score (nSPS) is 21.6. The SMILES string of the molecule is COc1cc2c3c(c1OC)-c1ccccc1C[C@H]3N(S(=O)(=O)N1CCOCC1)CC2. The lowest BCUT2D eigenvalue weighted by molar-refractivity contribution is 0.0688. The Kier molecular flexibility index (Phi) is 4.97. The highest BCUT2D eigenvalue weighted by Gasteiger charge is 2.44. The van der Waals surface area contributed by atoms with Crippen LogP contribution in [-0.4, -0.2) is 64.1 Å². The minimum absolute atomic E-state index is 0.258. The Morgan fingerprint density at radius 1 is 1.03 bits per heavy atom. The van der Waals surface area contributed by atoms with E-state index in [1.54, 1.807) is 22.8 Å². The smallest absolute Gasteiger partial charge is 0.282 e. The van der Waals surface area contributed by atoms with Crippen LogP contribution in [0.4, 0.5) is 0 Å². The van der Waals surface area contributed by atoms with Crippen LogP contribution >= 0.6 is 0 Å². The summed E-state index contributed by atoms with van der Waals surface area (Å²) in [7, 11) is -0.318. The average molecular weight is 431 g/mol. The summed E-state index contributed by atoms with van der Waals surface area (Å²) < 4.78 is 47.2. The number of hydrogen-bond acceptors (Lipinski definition) is 5. The Morgan fingerprint density at radius 2 is 1.80 bits per heavy atom. The number of morpholine rings is 1. The summed E-state index contributed by atoms with van der Waals surface area (Å²) in [4.78, 5) is 0. The lowest BCUT2D eigenvalue weighted by Gasteiger charge is -2.43. The van der Waals surface area contributed by atoms with Gasteiger partial charge >= 0.3 is 0 Å². The Hall–Kier alpha value is -2.13. The molecule has 1 aliphatic carbocycles. The van der Waals surface area contributed by atoms with E-state index >= 15 is 0 Å². The van der Waals surface area contributed by atoms with Gasteiger partial charge in [0.15, 0.2) is 11.5 Å². The maximum absolute atomic E-state index is 13.6. The third-order valence-corrected chi connectivity index (χ3v) is 8.42. The quantitative estimate of drug-likeness (QED) is 0.745. The topological polar surface area (TPSA) is 68.3 Å². The van der Waals surface area contributed by atoms with E-state index in [-0.39, 0.29) is 6.04 Å². The second-order valence-electron chi connectivity index (χ2n) is 7.82. The van der Waals surface area contributed by atoms with Crippen molar-refractivity contribution in [2.24, 2.45) is 0 Å². The molecule has 0 saturated carbocycles. The monoisotopic (exact) mass is 430 g/mol. The van der Waals surface area contributed by atoms with Gasteiger partial charge in [-0.1, -0.05) is 24.3 Å². The summed E-state index contributed by atoms with van der Waals surface area (Å²) in [6, 6.07) is 9.92. The summed E-state index contributed by atoms with van der Waals surface area (Å²) >= 11 is 0. The van der Waals surface area contributed by atoms with Crippen LogP contribution in [0.25, 0.3) is 11.1 Å². The standard InChI is InChI=1S/C22H26N2O5S/c1-27-19-14-16-7-8-24(30(25,26)23-9-11-29-12-10-23)18-13-15-5-3-4-6-17(15)21(20(16)18)22(19)28-2/h3-6,14,18H,7-13H2,1-2H3/t18-/m1/s1. The number of nitrogens with zero attached hydrogens (tertiary/aromatic N) is 2. The van der Waals surface area contributed by atoms with E-state index in [0.29, 0.717) is 57.2 Å². The summed E-state index contributed by atoms with van der Waals surface area (Å²) in [5, 5.41) is 0. The van der Waals surface area contributed by atoms with Gasteiger partial charge in [0.1, 0.15) is 0 Å². The van der Waals surface area contributed by atoms with Gasteiger partial charge in [0.05, 0.1) is 33.5 Å². The van der Waals surface area contributed by atoms with Crippen LogP contribution in [0.1, 0.15) is 22.7 Å². The van der Waals surface area contributed by atoms with Crippen LogP contribution in [0.15, 0.2) is 30.3 Å². The summed E-state index contributed by atoms with van der Waals surface area (Å²) in [6.45, 7) is 2.12. The lowest BCUT2D eigenvalue weighted by Crippen LogP contribution is -2.52. The van der Waals surface area contributed by atoms with Crippen LogP contribution in [0.5, 0.6) is 11.5 Å². The zero-order valence-corrected chi connectivity index (χ0v) is 18.1. The fraction of sp³-hybridized carbons (Fsp3) is 0.455. The molecule has 0 N–H and O–H groups in total. The van der Waals surface area contributed by atoms with Crippen molar-refractivity contribution in [1.82, 2.24) is 8.61 Å². The van der Waals surface area contributed by atoms with Crippen molar-refractivity contribution in [1.29, 1.82) is 0 Å². The van der Waals surface area contributed by atoms with Crippen LogP contribution in [0.3, 0.4) is 0 Å². The van der Waals surface area contributed by atoms with Crippen LogP contribution < -0.4 is 9.47 Å². The third-order valence-electron chi connectivity index (χ3n) is 6.37. The first-order valence-electron chi connectivity index (χ1n) is 10.3. The van der Waals surface area contributed by atoms with Gasteiger partial charge in [-0.2, -0.15) is 17.0 Å². The predicted molar refractivity (Wildman–Crippen MR) is 113 cm³/mol. The van der Waals surface area contributed by atoms with Crippen LogP contribution in [-0.2, 0) is 27.8 Å². The molecule has 0 aromatic heterocycles. The number of rotatable bonds is 4. The van der Waals surface area contributed by atoms with E-state index in [0.717, 1.165) is 27.8 Å². The molecule has 7 nitrogen and oxygen atoms in total. The summed E-state index contributed by atoms with van der Waals surface area (Å²) in [6.07, 6.45) is 1.29. The highest BCUT2D eigenvalue weighted by molar-refractivity contribution is 7.86. The van der Waals surface area contributed by atoms with Gasteiger partial charge < -0.3 is 14.2 Å². The average Bonchev–Trinajstić information content (AvgIpc) is 2.79. The number of benzene rings is 2. The summed E-state index contributed by atoms with van der Waals surface area (Å²) in [5.74, 6) is 1.35. The minimum Gasteiger partial charge on any atom is -0.493 e. The van der Waals surface area contributed by atoms with Crippen molar-refractivity contribution in [3.05, 3.63) is 47.0 Å². The lowest BCUT2D eigenvalue weighted by atomic mass is 9.77. The van der Waals surface area contributed by atoms with E-state index < -0.39 is 10.2 Å². The molecule has 30 heavy (non-hydrogen) atoms. The van der Waals surface area contributed by atoms with E-state index in [2.05, 4.69) is 12.1 Å². The maximum Gasteiger partial charge on any atom is 0.282 e. The van der Waals surface area contributed by atoms with Crippen molar-refractivity contribution >= 4 is 10.2 Å². The second-order valence-corrected chi connectivity index (χ2v) is 9.70. The number of fused-ring (bicyclic) bond motifs is 2. The molecular weight excluding hydrogens is 404 g/mol. The molecule has 3 aliphatic rings. The first-order chi connectivity index (χ1) is 14.6. The Labute approximate surface area is 177 Å².